The number of piperazine rings is 1. The normalized spacial score (nSPS) is 25.9. The topological polar surface area (TPSA) is 26.7 Å². The predicted octanol–water partition coefficient (Wildman–Crippen LogP) is 0.641. The molecule has 1 fully saturated rings. The maximum atomic E-state index is 8.91. The van der Waals surface area contributed by atoms with Crippen molar-refractivity contribution in [2.75, 3.05) is 39.3 Å². The van der Waals surface area contributed by atoms with Gasteiger partial charge in [0.25, 0.3) is 0 Å². The van der Waals surface area contributed by atoms with Crippen LogP contribution in [0, 0.1) is 5.92 Å². The molecule has 0 amide bonds. The maximum absolute atomic E-state index is 8.91. The van der Waals surface area contributed by atoms with Crippen molar-refractivity contribution in [3.8, 4) is 0 Å². The van der Waals surface area contributed by atoms with Gasteiger partial charge in [-0.2, -0.15) is 0 Å². The molecule has 84 valence electrons. The zero-order valence-electron chi connectivity index (χ0n) is 9.74. The molecule has 0 radical (unpaired) electrons. The molecule has 0 spiro atoms. The minimum Gasteiger partial charge on any atom is -0.395 e. The lowest BCUT2D eigenvalue weighted by Crippen LogP contribution is -2.55. The number of nitrogens with zero attached hydrogens (tertiary/aromatic N) is 2. The first-order valence-corrected chi connectivity index (χ1v) is 5.76. The van der Waals surface area contributed by atoms with Gasteiger partial charge in [0.15, 0.2) is 0 Å². The zero-order valence-corrected chi connectivity index (χ0v) is 9.74. The largest absolute Gasteiger partial charge is 0.395 e. The summed E-state index contributed by atoms with van der Waals surface area (Å²) in [5.74, 6) is 0.705. The molecule has 1 aliphatic heterocycles. The Balaban J connectivity index is 2.48. The van der Waals surface area contributed by atoms with Gasteiger partial charge >= 0.3 is 0 Å². The molecule has 0 aromatic rings. The highest BCUT2D eigenvalue weighted by atomic mass is 16.3. The molecule has 0 bridgehead atoms. The third-order valence-electron chi connectivity index (χ3n) is 3.21. The van der Waals surface area contributed by atoms with E-state index in [2.05, 4.69) is 30.6 Å². The van der Waals surface area contributed by atoms with Crippen LogP contribution in [-0.2, 0) is 0 Å². The van der Waals surface area contributed by atoms with Crippen LogP contribution < -0.4 is 0 Å². The fourth-order valence-electron chi connectivity index (χ4n) is 2.28. The summed E-state index contributed by atoms with van der Waals surface area (Å²) in [6.45, 7) is 12.5. The van der Waals surface area contributed by atoms with Gasteiger partial charge in [-0.15, -0.1) is 0 Å². The van der Waals surface area contributed by atoms with Crippen molar-refractivity contribution < 1.29 is 5.11 Å². The van der Waals surface area contributed by atoms with Crippen LogP contribution in [0.3, 0.4) is 0 Å². The molecule has 1 heterocycles. The summed E-state index contributed by atoms with van der Waals surface area (Å²) >= 11 is 0. The lowest BCUT2D eigenvalue weighted by atomic mass is 9.99. The molecule has 0 saturated carbocycles. The van der Waals surface area contributed by atoms with E-state index in [1.54, 1.807) is 0 Å². The Labute approximate surface area is 87.7 Å². The van der Waals surface area contributed by atoms with Crippen LogP contribution >= 0.6 is 0 Å². The summed E-state index contributed by atoms with van der Waals surface area (Å²) in [6.07, 6.45) is 0. The van der Waals surface area contributed by atoms with E-state index in [-0.39, 0.29) is 6.61 Å². The summed E-state index contributed by atoms with van der Waals surface area (Å²) in [6, 6.07) is 0.667. The highest BCUT2D eigenvalue weighted by molar-refractivity contribution is 4.83. The number of β-amino-alcohol motifs (C(OH)–C–C–N with tert-alkyl or cyclic N) is 1. The van der Waals surface area contributed by atoms with Gasteiger partial charge in [-0.1, -0.05) is 20.8 Å². The number of aliphatic hydroxyl groups excluding tert-OH is 1. The van der Waals surface area contributed by atoms with Gasteiger partial charge in [0, 0.05) is 32.2 Å². The summed E-state index contributed by atoms with van der Waals surface area (Å²) in [7, 11) is 0. The van der Waals surface area contributed by atoms with Crippen molar-refractivity contribution in [2.45, 2.75) is 26.8 Å². The Hall–Kier alpha value is -0.120. The van der Waals surface area contributed by atoms with Crippen molar-refractivity contribution in [2.24, 2.45) is 5.92 Å². The second-order valence-electron chi connectivity index (χ2n) is 4.46. The number of hydrogen-bond donors (Lipinski definition) is 1. The minimum atomic E-state index is 0.289. The fourth-order valence-corrected chi connectivity index (χ4v) is 2.28. The molecule has 1 aliphatic rings. The van der Waals surface area contributed by atoms with Gasteiger partial charge in [-0.05, 0) is 12.5 Å². The quantitative estimate of drug-likeness (QED) is 0.721. The van der Waals surface area contributed by atoms with Crippen molar-refractivity contribution in [3.63, 3.8) is 0 Å². The average molecular weight is 200 g/mol. The molecule has 1 saturated heterocycles. The summed E-state index contributed by atoms with van der Waals surface area (Å²) in [4.78, 5) is 4.93. The van der Waals surface area contributed by atoms with Crippen molar-refractivity contribution >= 4 is 0 Å². The fraction of sp³-hybridized carbons (Fsp3) is 1.00. The monoisotopic (exact) mass is 200 g/mol. The van der Waals surface area contributed by atoms with Gasteiger partial charge in [0.2, 0.25) is 0 Å². The Bertz CT molecular complexity index is 161. The molecule has 3 heteroatoms. The molecular formula is C11H24N2O. The number of hydrogen-bond acceptors (Lipinski definition) is 3. The SMILES string of the molecule is CCN1CCN(CCO)CC1C(C)C. The van der Waals surface area contributed by atoms with Crippen LogP contribution in [-0.4, -0.2) is 60.3 Å². The van der Waals surface area contributed by atoms with E-state index >= 15 is 0 Å². The first kappa shape index (κ1) is 12.0. The van der Waals surface area contributed by atoms with Crippen molar-refractivity contribution in [1.82, 2.24) is 9.80 Å². The minimum absolute atomic E-state index is 0.289. The van der Waals surface area contributed by atoms with E-state index in [0.717, 1.165) is 32.7 Å². The Morgan fingerprint density at radius 2 is 2.07 bits per heavy atom. The molecule has 1 rings (SSSR count). The van der Waals surface area contributed by atoms with Gasteiger partial charge in [0.1, 0.15) is 0 Å². The first-order chi connectivity index (χ1) is 6.69. The number of rotatable bonds is 4. The van der Waals surface area contributed by atoms with E-state index in [0.29, 0.717) is 12.0 Å². The highest BCUT2D eigenvalue weighted by Gasteiger charge is 2.27. The van der Waals surface area contributed by atoms with Crippen LogP contribution in [0.5, 0.6) is 0 Å². The van der Waals surface area contributed by atoms with Crippen molar-refractivity contribution in [1.29, 1.82) is 0 Å². The Kier molecular flexibility index (Phi) is 4.85. The lowest BCUT2D eigenvalue weighted by Gasteiger charge is -2.42. The maximum Gasteiger partial charge on any atom is 0.0558 e. The molecule has 0 aliphatic carbocycles. The number of aliphatic hydroxyl groups is 1. The van der Waals surface area contributed by atoms with Gasteiger partial charge in [-0.3, -0.25) is 9.80 Å². The van der Waals surface area contributed by atoms with E-state index in [1.807, 2.05) is 0 Å². The van der Waals surface area contributed by atoms with Gasteiger partial charge in [-0.25, -0.2) is 0 Å². The lowest BCUT2D eigenvalue weighted by molar-refractivity contribution is 0.0453. The van der Waals surface area contributed by atoms with Crippen LogP contribution in [0.4, 0.5) is 0 Å². The Morgan fingerprint density at radius 1 is 1.36 bits per heavy atom. The van der Waals surface area contributed by atoms with Gasteiger partial charge in [0.05, 0.1) is 6.61 Å². The van der Waals surface area contributed by atoms with E-state index < -0.39 is 0 Å². The van der Waals surface area contributed by atoms with Crippen LogP contribution in [0.15, 0.2) is 0 Å². The van der Waals surface area contributed by atoms with Crippen LogP contribution in [0.1, 0.15) is 20.8 Å². The molecule has 0 aromatic carbocycles. The average Bonchev–Trinajstić information content (AvgIpc) is 2.18. The first-order valence-electron chi connectivity index (χ1n) is 5.76. The molecular weight excluding hydrogens is 176 g/mol. The van der Waals surface area contributed by atoms with Crippen LogP contribution in [0.25, 0.3) is 0 Å². The standard InChI is InChI=1S/C11H24N2O/c1-4-13-6-5-12(7-8-14)9-11(13)10(2)3/h10-11,14H,4-9H2,1-3H3. The molecule has 1 atom stereocenters. The number of likely N-dealkylation sites (N-methyl/N-ethyl adjacent to an activating group) is 1. The van der Waals surface area contributed by atoms with E-state index in [9.17, 15) is 0 Å². The molecule has 1 unspecified atom stereocenters. The van der Waals surface area contributed by atoms with Crippen LogP contribution in [0.2, 0.25) is 0 Å². The van der Waals surface area contributed by atoms with Crippen molar-refractivity contribution in [3.05, 3.63) is 0 Å². The second kappa shape index (κ2) is 5.69. The smallest absolute Gasteiger partial charge is 0.0558 e. The van der Waals surface area contributed by atoms with E-state index in [1.165, 1.54) is 0 Å². The molecule has 14 heavy (non-hydrogen) atoms. The summed E-state index contributed by atoms with van der Waals surface area (Å²) < 4.78 is 0. The predicted molar refractivity (Wildman–Crippen MR) is 59.4 cm³/mol. The molecule has 0 aromatic heterocycles. The third-order valence-corrected chi connectivity index (χ3v) is 3.21. The third kappa shape index (κ3) is 2.94. The van der Waals surface area contributed by atoms with E-state index in [4.69, 9.17) is 5.11 Å². The zero-order chi connectivity index (χ0) is 10.6. The highest BCUT2D eigenvalue weighted by Crippen LogP contribution is 2.16. The van der Waals surface area contributed by atoms with Gasteiger partial charge < -0.3 is 5.11 Å². The Morgan fingerprint density at radius 3 is 2.57 bits per heavy atom. The molecule has 1 N–H and O–H groups in total. The summed E-state index contributed by atoms with van der Waals surface area (Å²) in [5.41, 5.74) is 0. The second-order valence-corrected chi connectivity index (χ2v) is 4.46. The molecule has 3 nitrogen and oxygen atoms in total. The summed E-state index contributed by atoms with van der Waals surface area (Å²) in [5, 5.41) is 8.91.